The van der Waals surface area contributed by atoms with Gasteiger partial charge in [-0.05, 0) is 24.3 Å². The summed E-state index contributed by atoms with van der Waals surface area (Å²) in [4.78, 5) is 22.4. The molecule has 0 aromatic heterocycles. The predicted molar refractivity (Wildman–Crippen MR) is 62.1 cm³/mol. The number of amides is 1. The van der Waals surface area contributed by atoms with Gasteiger partial charge in [-0.2, -0.15) is 0 Å². The molecule has 1 N–H and O–H groups in total. The molecule has 1 rings (SSSR count). The fourth-order valence-corrected chi connectivity index (χ4v) is 1.29. The van der Waals surface area contributed by atoms with E-state index in [4.69, 9.17) is 0 Å². The molecule has 1 aromatic carbocycles. The largest absolute Gasteiger partial charge is 0.573 e. The Morgan fingerprint density at radius 3 is 2.30 bits per heavy atom. The number of nitrogens with one attached hydrogen (secondary N) is 1. The van der Waals surface area contributed by atoms with E-state index in [2.05, 4.69) is 14.8 Å². The molecule has 8 heteroatoms. The number of halogens is 3. The Morgan fingerprint density at radius 1 is 1.20 bits per heavy atom. The second kappa shape index (κ2) is 6.78. The van der Waals surface area contributed by atoms with Gasteiger partial charge in [0.15, 0.2) is 0 Å². The number of hydrogen-bond donors (Lipinski definition) is 1. The molecular formula is C12H12F3NO4. The van der Waals surface area contributed by atoms with E-state index in [1.807, 2.05) is 0 Å². The summed E-state index contributed by atoms with van der Waals surface area (Å²) < 4.78 is 43.9. The van der Waals surface area contributed by atoms with Crippen LogP contribution in [-0.4, -0.2) is 31.9 Å². The Bertz CT molecular complexity index is 471. The highest BCUT2D eigenvalue weighted by atomic mass is 19.4. The van der Waals surface area contributed by atoms with Gasteiger partial charge in [0.1, 0.15) is 5.75 Å². The fraction of sp³-hybridized carbons (Fsp3) is 0.333. The van der Waals surface area contributed by atoms with E-state index in [0.29, 0.717) is 0 Å². The molecule has 0 unspecified atom stereocenters. The Kier molecular flexibility index (Phi) is 5.36. The number of rotatable bonds is 5. The monoisotopic (exact) mass is 291 g/mol. The van der Waals surface area contributed by atoms with E-state index >= 15 is 0 Å². The van der Waals surface area contributed by atoms with Crippen LogP contribution in [0.2, 0.25) is 0 Å². The van der Waals surface area contributed by atoms with E-state index in [0.717, 1.165) is 12.1 Å². The molecule has 110 valence electrons. The van der Waals surface area contributed by atoms with Crippen LogP contribution in [0.15, 0.2) is 24.3 Å². The number of alkyl halides is 3. The van der Waals surface area contributed by atoms with Crippen LogP contribution in [0.3, 0.4) is 0 Å². The molecule has 0 atom stereocenters. The highest BCUT2D eigenvalue weighted by Crippen LogP contribution is 2.22. The maximum atomic E-state index is 11.9. The van der Waals surface area contributed by atoms with Gasteiger partial charge in [-0.3, -0.25) is 9.59 Å². The van der Waals surface area contributed by atoms with Crippen LogP contribution in [0.4, 0.5) is 13.2 Å². The van der Waals surface area contributed by atoms with Crippen molar-refractivity contribution in [3.8, 4) is 5.75 Å². The van der Waals surface area contributed by atoms with E-state index < -0.39 is 24.0 Å². The molecule has 1 aromatic rings. The first kappa shape index (κ1) is 15.8. The third kappa shape index (κ3) is 5.59. The van der Waals surface area contributed by atoms with Crippen molar-refractivity contribution >= 4 is 11.9 Å². The molecule has 0 bridgehead atoms. The minimum atomic E-state index is -4.77. The normalized spacial score (nSPS) is 10.8. The topological polar surface area (TPSA) is 64.6 Å². The summed E-state index contributed by atoms with van der Waals surface area (Å²) in [5, 5.41) is 2.43. The molecule has 0 saturated carbocycles. The first-order chi connectivity index (χ1) is 9.31. The summed E-state index contributed by atoms with van der Waals surface area (Å²) in [6.45, 7) is 0.0757. The maximum absolute atomic E-state index is 11.9. The Hall–Kier alpha value is -2.25. The van der Waals surface area contributed by atoms with Crippen molar-refractivity contribution in [1.29, 1.82) is 0 Å². The highest BCUT2D eigenvalue weighted by molar-refractivity contribution is 5.94. The third-order valence-corrected chi connectivity index (χ3v) is 2.19. The smallest absolute Gasteiger partial charge is 0.469 e. The summed E-state index contributed by atoms with van der Waals surface area (Å²) in [6.07, 6.45) is -4.76. The molecule has 0 aliphatic carbocycles. The Balaban J connectivity index is 2.51. The summed E-state index contributed by atoms with van der Waals surface area (Å²) in [7, 11) is 1.23. The zero-order valence-electron chi connectivity index (χ0n) is 10.5. The Morgan fingerprint density at radius 2 is 1.80 bits per heavy atom. The van der Waals surface area contributed by atoms with E-state index in [1.165, 1.54) is 19.2 Å². The molecule has 0 heterocycles. The van der Waals surface area contributed by atoms with Crippen molar-refractivity contribution < 1.29 is 32.2 Å². The van der Waals surface area contributed by atoms with Gasteiger partial charge in [-0.15, -0.1) is 13.2 Å². The number of esters is 1. The molecular weight excluding hydrogens is 279 g/mol. The third-order valence-electron chi connectivity index (χ3n) is 2.19. The lowest BCUT2D eigenvalue weighted by molar-refractivity contribution is -0.274. The van der Waals surface area contributed by atoms with Gasteiger partial charge in [0.2, 0.25) is 0 Å². The maximum Gasteiger partial charge on any atom is 0.573 e. The van der Waals surface area contributed by atoms with Crippen molar-refractivity contribution in [2.24, 2.45) is 0 Å². The number of carbonyl (C=O) groups is 2. The molecule has 5 nitrogen and oxygen atoms in total. The van der Waals surface area contributed by atoms with Gasteiger partial charge in [0.25, 0.3) is 5.91 Å². The van der Waals surface area contributed by atoms with Crippen LogP contribution in [0, 0.1) is 0 Å². The molecule has 0 aliphatic rings. The highest BCUT2D eigenvalue weighted by Gasteiger charge is 2.31. The van der Waals surface area contributed by atoms with Crippen LogP contribution in [-0.2, 0) is 9.53 Å². The van der Waals surface area contributed by atoms with Crippen molar-refractivity contribution in [2.75, 3.05) is 13.7 Å². The van der Waals surface area contributed by atoms with Crippen LogP contribution in [0.5, 0.6) is 5.75 Å². The first-order valence-electron chi connectivity index (χ1n) is 5.52. The molecule has 20 heavy (non-hydrogen) atoms. The van der Waals surface area contributed by atoms with Gasteiger partial charge >= 0.3 is 12.3 Å². The van der Waals surface area contributed by atoms with Gasteiger partial charge in [0, 0.05) is 12.1 Å². The second-order valence-electron chi connectivity index (χ2n) is 3.65. The SMILES string of the molecule is COC(=O)CCNC(=O)c1ccc(OC(F)(F)F)cc1. The molecule has 0 aliphatic heterocycles. The zero-order chi connectivity index (χ0) is 15.2. The van der Waals surface area contributed by atoms with Crippen molar-refractivity contribution in [2.45, 2.75) is 12.8 Å². The molecule has 0 fully saturated rings. The number of benzene rings is 1. The molecule has 1 amide bonds. The second-order valence-corrected chi connectivity index (χ2v) is 3.65. The van der Waals surface area contributed by atoms with E-state index in [-0.39, 0.29) is 18.5 Å². The van der Waals surface area contributed by atoms with E-state index in [9.17, 15) is 22.8 Å². The summed E-state index contributed by atoms with van der Waals surface area (Å²) in [5.74, 6) is -1.39. The first-order valence-corrected chi connectivity index (χ1v) is 5.52. The minimum absolute atomic E-state index is 0.0114. The summed E-state index contributed by atoms with van der Waals surface area (Å²) >= 11 is 0. The van der Waals surface area contributed by atoms with Gasteiger partial charge in [0.05, 0.1) is 13.5 Å². The van der Waals surface area contributed by atoms with Crippen LogP contribution < -0.4 is 10.1 Å². The quantitative estimate of drug-likeness (QED) is 0.841. The minimum Gasteiger partial charge on any atom is -0.469 e. The lowest BCUT2D eigenvalue weighted by atomic mass is 10.2. The van der Waals surface area contributed by atoms with Gasteiger partial charge in [-0.1, -0.05) is 0 Å². The number of methoxy groups -OCH3 is 1. The van der Waals surface area contributed by atoms with Crippen LogP contribution in [0.25, 0.3) is 0 Å². The number of ether oxygens (including phenoxy) is 2. The predicted octanol–water partition coefficient (Wildman–Crippen LogP) is 1.88. The van der Waals surface area contributed by atoms with E-state index in [1.54, 1.807) is 0 Å². The van der Waals surface area contributed by atoms with Crippen molar-refractivity contribution in [3.63, 3.8) is 0 Å². The van der Waals surface area contributed by atoms with Gasteiger partial charge in [-0.25, -0.2) is 0 Å². The van der Waals surface area contributed by atoms with Crippen molar-refractivity contribution in [1.82, 2.24) is 5.32 Å². The average molecular weight is 291 g/mol. The number of hydrogen-bond acceptors (Lipinski definition) is 4. The number of carbonyl (C=O) groups excluding carboxylic acids is 2. The molecule has 0 spiro atoms. The van der Waals surface area contributed by atoms with Crippen LogP contribution in [0.1, 0.15) is 16.8 Å². The molecule has 0 saturated heterocycles. The summed E-state index contributed by atoms with van der Waals surface area (Å²) in [6, 6.07) is 4.44. The lowest BCUT2D eigenvalue weighted by Gasteiger charge is -2.09. The standard InChI is InChI=1S/C12H12F3NO4/c1-19-10(17)6-7-16-11(18)8-2-4-9(5-3-8)20-12(13,14)15/h2-5H,6-7H2,1H3,(H,16,18). The summed E-state index contributed by atoms with van der Waals surface area (Å²) in [5.41, 5.74) is 0.157. The lowest BCUT2D eigenvalue weighted by Crippen LogP contribution is -2.26. The molecule has 0 radical (unpaired) electrons. The fourth-order valence-electron chi connectivity index (χ4n) is 1.29. The van der Waals surface area contributed by atoms with Gasteiger partial charge < -0.3 is 14.8 Å². The van der Waals surface area contributed by atoms with Crippen LogP contribution >= 0.6 is 0 Å². The van der Waals surface area contributed by atoms with Crippen molar-refractivity contribution in [3.05, 3.63) is 29.8 Å². The zero-order valence-corrected chi connectivity index (χ0v) is 10.5. The average Bonchev–Trinajstić information content (AvgIpc) is 2.37. The Labute approximate surface area is 112 Å².